The lowest BCUT2D eigenvalue weighted by atomic mass is 9.89. The van der Waals surface area contributed by atoms with Crippen LogP contribution >= 0.6 is 0 Å². The molecule has 0 spiro atoms. The molecule has 41 heavy (non-hydrogen) atoms. The van der Waals surface area contributed by atoms with Crippen LogP contribution in [0.4, 0.5) is 13.2 Å². The second kappa shape index (κ2) is 13.3. The van der Waals surface area contributed by atoms with Crippen LogP contribution in [-0.2, 0) is 28.1 Å². The Morgan fingerprint density at radius 1 is 0.805 bits per heavy atom. The summed E-state index contributed by atoms with van der Waals surface area (Å²) in [4.78, 5) is 15.0. The number of benzene rings is 2. The lowest BCUT2D eigenvalue weighted by Crippen LogP contribution is -2.57. The molecule has 1 amide bonds. The number of carbonyl (C=O) groups is 1. The van der Waals surface area contributed by atoms with Gasteiger partial charge in [0.2, 0.25) is 0 Å². The minimum absolute atomic E-state index is 0.0374. The number of alkyl halides is 3. The quantitative estimate of drug-likeness (QED) is 0.214. The zero-order valence-corrected chi connectivity index (χ0v) is 27.6. The van der Waals surface area contributed by atoms with Gasteiger partial charge in [0.15, 0.2) is 0 Å². The third-order valence-corrected chi connectivity index (χ3v) is 18.3. The molecular formula is C31H46F3NO4Si2. The third kappa shape index (κ3) is 6.39. The fourth-order valence-corrected chi connectivity index (χ4v) is 11.0. The second-order valence-electron chi connectivity index (χ2n) is 11.0. The fraction of sp³-hybridized carbons (Fsp3) is 0.581. The summed E-state index contributed by atoms with van der Waals surface area (Å²) in [5.41, 5.74) is -1.55. The van der Waals surface area contributed by atoms with Crippen LogP contribution in [0.1, 0.15) is 58.2 Å². The molecule has 0 aromatic heterocycles. The Labute approximate surface area is 245 Å². The van der Waals surface area contributed by atoms with Crippen LogP contribution in [-0.4, -0.2) is 47.3 Å². The molecule has 0 saturated carbocycles. The van der Waals surface area contributed by atoms with Gasteiger partial charge in [-0.3, -0.25) is 4.79 Å². The van der Waals surface area contributed by atoms with Gasteiger partial charge in [0, 0.05) is 25.8 Å². The Morgan fingerprint density at radius 2 is 1.27 bits per heavy atom. The van der Waals surface area contributed by atoms with E-state index in [9.17, 15) is 18.0 Å². The molecule has 2 aromatic rings. The van der Waals surface area contributed by atoms with Crippen LogP contribution in [0.25, 0.3) is 0 Å². The molecule has 10 heteroatoms. The van der Waals surface area contributed by atoms with E-state index in [0.29, 0.717) is 12.2 Å². The number of amides is 1. The van der Waals surface area contributed by atoms with E-state index in [2.05, 4.69) is 41.5 Å². The predicted octanol–water partition coefficient (Wildman–Crippen LogP) is 8.44. The number of ether oxygens (including phenoxy) is 1. The highest BCUT2D eigenvalue weighted by Crippen LogP contribution is 2.45. The summed E-state index contributed by atoms with van der Waals surface area (Å²) >= 11 is 0. The van der Waals surface area contributed by atoms with Crippen LogP contribution in [0.5, 0.6) is 11.5 Å². The molecule has 0 N–H and O–H groups in total. The molecule has 0 aliphatic carbocycles. The first-order valence-electron chi connectivity index (χ1n) is 14.9. The highest BCUT2D eigenvalue weighted by Gasteiger charge is 2.64. The molecular weight excluding hydrogens is 564 g/mol. The molecule has 1 atom stereocenters. The van der Waals surface area contributed by atoms with E-state index in [1.54, 1.807) is 6.07 Å². The fourth-order valence-electron chi connectivity index (χ4n) is 5.92. The maximum Gasteiger partial charge on any atom is 0.430 e. The third-order valence-electron chi connectivity index (χ3n) is 9.27. The zero-order valence-electron chi connectivity index (χ0n) is 25.6. The summed E-state index contributed by atoms with van der Waals surface area (Å²) in [7, 11) is -3.18. The molecule has 1 aliphatic heterocycles. The van der Waals surface area contributed by atoms with Gasteiger partial charge in [-0.2, -0.15) is 13.2 Å². The van der Waals surface area contributed by atoms with E-state index < -0.39 is 34.3 Å². The van der Waals surface area contributed by atoms with Crippen molar-refractivity contribution in [2.45, 2.75) is 103 Å². The van der Waals surface area contributed by atoms with Gasteiger partial charge in [0.1, 0.15) is 11.5 Å². The summed E-state index contributed by atoms with van der Waals surface area (Å²) in [6.45, 7) is 13.2. The molecule has 0 fully saturated rings. The highest BCUT2D eigenvalue weighted by molar-refractivity contribution is 6.75. The van der Waals surface area contributed by atoms with E-state index >= 15 is 0 Å². The first-order valence-corrected chi connectivity index (χ1v) is 20.0. The number of methoxy groups -OCH3 is 1. The number of carbonyl (C=O) groups excluding carboxylic acids is 1. The number of fused-ring (bicyclic) bond motifs is 1. The van der Waals surface area contributed by atoms with Gasteiger partial charge in [0.25, 0.3) is 28.1 Å². The summed E-state index contributed by atoms with van der Waals surface area (Å²) in [6.07, 6.45) is -4.53. The molecule has 2 aromatic carbocycles. The minimum Gasteiger partial charge on any atom is -0.541 e. The highest BCUT2D eigenvalue weighted by atomic mass is 28.4. The van der Waals surface area contributed by atoms with Crippen molar-refractivity contribution in [3.05, 3.63) is 59.2 Å². The average molecular weight is 610 g/mol. The summed E-state index contributed by atoms with van der Waals surface area (Å²) in [5.74, 6) is 0.305. The van der Waals surface area contributed by atoms with Crippen molar-refractivity contribution in [3.8, 4) is 11.5 Å². The molecule has 228 valence electrons. The Bertz CT molecular complexity index is 1150. The largest absolute Gasteiger partial charge is 0.541 e. The smallest absolute Gasteiger partial charge is 0.430 e. The normalized spacial score (nSPS) is 15.7. The molecule has 1 aliphatic rings. The number of rotatable bonds is 13. The molecule has 0 unspecified atom stereocenters. The van der Waals surface area contributed by atoms with Crippen molar-refractivity contribution in [3.63, 3.8) is 0 Å². The average Bonchev–Trinajstić information content (AvgIpc) is 2.99. The van der Waals surface area contributed by atoms with E-state index in [1.165, 1.54) is 29.2 Å². The van der Waals surface area contributed by atoms with Crippen LogP contribution in [0.15, 0.2) is 42.5 Å². The van der Waals surface area contributed by atoms with Crippen LogP contribution in [0, 0.1) is 0 Å². The molecule has 0 saturated heterocycles. The number of halogens is 3. The zero-order chi connectivity index (χ0) is 30.5. The van der Waals surface area contributed by atoms with Gasteiger partial charge >= 0.3 is 6.18 Å². The summed E-state index contributed by atoms with van der Waals surface area (Å²) in [6, 6.07) is 16.9. The number of hydrogen-bond donors (Lipinski definition) is 0. The van der Waals surface area contributed by atoms with Gasteiger partial charge in [-0.25, -0.2) is 0 Å². The molecule has 3 rings (SSSR count). The maximum absolute atomic E-state index is 14.6. The van der Waals surface area contributed by atoms with Gasteiger partial charge in [-0.1, -0.05) is 71.9 Å². The van der Waals surface area contributed by atoms with Crippen molar-refractivity contribution in [1.82, 2.24) is 4.90 Å². The Morgan fingerprint density at radius 3 is 1.68 bits per heavy atom. The topological polar surface area (TPSA) is 48.0 Å². The van der Waals surface area contributed by atoms with Crippen LogP contribution < -0.4 is 8.85 Å². The van der Waals surface area contributed by atoms with Gasteiger partial charge in [-0.05, 0) is 65.9 Å². The Balaban J connectivity index is 2.08. The first kappa shape index (κ1) is 33.2. The van der Waals surface area contributed by atoms with Crippen molar-refractivity contribution < 1.29 is 31.6 Å². The number of hydrogen-bond acceptors (Lipinski definition) is 4. The summed E-state index contributed by atoms with van der Waals surface area (Å²) in [5, 5.41) is 0. The SMILES string of the molecule is CC[Si](CC)(CC)Oc1cc2c(cc1O[Si](CC)(CC)CC)CN(C(=O)[C@](OC)(c1ccccc1)C(F)(F)F)CC2. The van der Waals surface area contributed by atoms with Gasteiger partial charge in [0.05, 0.1) is 0 Å². The van der Waals surface area contributed by atoms with E-state index in [-0.39, 0.29) is 18.7 Å². The molecule has 1 heterocycles. The Kier molecular flexibility index (Phi) is 10.8. The monoisotopic (exact) mass is 609 g/mol. The van der Waals surface area contributed by atoms with Crippen molar-refractivity contribution >= 4 is 22.5 Å². The minimum atomic E-state index is -4.95. The first-order chi connectivity index (χ1) is 19.4. The van der Waals surface area contributed by atoms with Crippen LogP contribution in [0.3, 0.4) is 0 Å². The van der Waals surface area contributed by atoms with E-state index in [1.807, 2.05) is 12.1 Å². The maximum atomic E-state index is 14.6. The van der Waals surface area contributed by atoms with Crippen molar-refractivity contribution in [2.24, 2.45) is 0 Å². The molecule has 5 nitrogen and oxygen atoms in total. The van der Waals surface area contributed by atoms with Gasteiger partial charge in [-0.15, -0.1) is 0 Å². The lowest BCUT2D eigenvalue weighted by molar-refractivity contribution is -0.270. The predicted molar refractivity (Wildman–Crippen MR) is 162 cm³/mol. The summed E-state index contributed by atoms with van der Waals surface area (Å²) < 4.78 is 62.7. The lowest BCUT2D eigenvalue weighted by Gasteiger charge is -2.40. The van der Waals surface area contributed by atoms with E-state index in [4.69, 9.17) is 13.6 Å². The molecule has 0 bridgehead atoms. The number of nitrogens with zero attached hydrogens (tertiary/aromatic N) is 1. The standard InChI is InChI=1S/C31H46F3NO4Si2/c1-8-40(9-2,10-3)38-27-21-24-19-20-35(23-25(24)22-28(27)39-41(11-4,12-5)13-6)29(36)30(37-7,31(32,33)34)26-17-15-14-16-18-26/h14-18,21-22H,8-13,19-20,23H2,1-7H3/t30-/m1/s1. The van der Waals surface area contributed by atoms with Crippen molar-refractivity contribution in [1.29, 1.82) is 0 Å². The Hall–Kier alpha value is -2.31. The molecule has 0 radical (unpaired) electrons. The van der Waals surface area contributed by atoms with Gasteiger partial charge < -0.3 is 18.5 Å². The van der Waals surface area contributed by atoms with Crippen LogP contribution in [0.2, 0.25) is 36.3 Å². The second-order valence-corrected chi connectivity index (χ2v) is 20.4. The van der Waals surface area contributed by atoms with E-state index in [0.717, 1.165) is 60.3 Å². The van der Waals surface area contributed by atoms with Crippen molar-refractivity contribution in [2.75, 3.05) is 13.7 Å².